The summed E-state index contributed by atoms with van der Waals surface area (Å²) in [5.41, 5.74) is 0. The molecule has 0 amide bonds. The molecule has 0 fully saturated rings. The van der Waals surface area contributed by atoms with Gasteiger partial charge in [0, 0.05) is 7.26 Å². The van der Waals surface area contributed by atoms with Crippen molar-refractivity contribution in [3.63, 3.8) is 0 Å². The van der Waals surface area contributed by atoms with Gasteiger partial charge < -0.3 is 12.4 Å². The van der Waals surface area contributed by atoms with Crippen LogP contribution in [0.2, 0.25) is 0 Å². The van der Waals surface area contributed by atoms with E-state index in [-0.39, 0.29) is 12.4 Å². The lowest BCUT2D eigenvalue weighted by Crippen LogP contribution is -3.00. The number of rotatable bonds is 14. The number of hydrogen-bond donors (Lipinski definition) is 0. The van der Waals surface area contributed by atoms with E-state index in [1.807, 2.05) is 0 Å². The molecule has 0 unspecified atom stereocenters. The van der Waals surface area contributed by atoms with E-state index >= 15 is 0 Å². The molecule has 0 saturated carbocycles. The fraction of sp³-hybridized carbons (Fsp3) is 1.00. The fourth-order valence-corrected chi connectivity index (χ4v) is 8.21. The second-order valence-electron chi connectivity index (χ2n) is 6.36. The summed E-state index contributed by atoms with van der Waals surface area (Å²) < 4.78 is 0. The van der Waals surface area contributed by atoms with Crippen LogP contribution in [0.3, 0.4) is 0 Å². The second kappa shape index (κ2) is 16.1. The van der Waals surface area contributed by atoms with E-state index < -0.39 is 7.26 Å². The number of hydrogen-bond acceptors (Lipinski definition) is 0. The Balaban J connectivity index is 0. The Kier molecular flexibility index (Phi) is 18.5. The molecule has 124 valence electrons. The smallest absolute Gasteiger partial charge is 0.0594 e. The largest absolute Gasteiger partial charge is 1.00 e. The Bertz CT molecular complexity index is 156. The van der Waals surface area contributed by atoms with Crippen molar-refractivity contribution in [2.24, 2.45) is 0 Å². The van der Waals surface area contributed by atoms with Gasteiger partial charge >= 0.3 is 0 Å². The minimum atomic E-state index is -0.585. The predicted octanol–water partition coefficient (Wildman–Crippen LogP) is 3.99. The van der Waals surface area contributed by atoms with E-state index in [0.717, 1.165) is 0 Å². The van der Waals surface area contributed by atoms with Gasteiger partial charge in [0.15, 0.2) is 0 Å². The molecule has 20 heavy (non-hydrogen) atoms. The number of halogens is 1. The highest BCUT2D eigenvalue weighted by molar-refractivity contribution is 7.75. The van der Waals surface area contributed by atoms with E-state index in [9.17, 15) is 0 Å². The van der Waals surface area contributed by atoms with Crippen LogP contribution in [0.4, 0.5) is 0 Å². The molecule has 0 aliphatic heterocycles. The summed E-state index contributed by atoms with van der Waals surface area (Å²) in [6.45, 7) is 9.44. The minimum absolute atomic E-state index is 0. The SMILES string of the molecule is CCCCC[P+](CCC)(CCCCC)CCCCC.[Cl-]. The zero-order valence-corrected chi connectivity index (χ0v) is 16.4. The third kappa shape index (κ3) is 11.4. The maximum absolute atomic E-state index is 2.41. The van der Waals surface area contributed by atoms with Gasteiger partial charge in [0.05, 0.1) is 24.6 Å². The summed E-state index contributed by atoms with van der Waals surface area (Å²) in [6, 6.07) is 0. The molecule has 0 rings (SSSR count). The van der Waals surface area contributed by atoms with Crippen molar-refractivity contribution in [2.45, 2.75) is 91.9 Å². The minimum Gasteiger partial charge on any atom is -1.00 e. The molecule has 0 atom stereocenters. The summed E-state index contributed by atoms with van der Waals surface area (Å²) in [5.74, 6) is 0. The van der Waals surface area contributed by atoms with Crippen molar-refractivity contribution in [3.8, 4) is 0 Å². The Labute approximate surface area is 136 Å². The normalized spacial score (nSPS) is 11.4. The van der Waals surface area contributed by atoms with Gasteiger partial charge in [0.1, 0.15) is 0 Å². The van der Waals surface area contributed by atoms with Gasteiger partial charge in [0.2, 0.25) is 0 Å². The van der Waals surface area contributed by atoms with Crippen molar-refractivity contribution in [1.82, 2.24) is 0 Å². The third-order valence-electron chi connectivity index (χ3n) is 4.41. The summed E-state index contributed by atoms with van der Waals surface area (Å²) in [5, 5.41) is 0. The average molecular weight is 323 g/mol. The van der Waals surface area contributed by atoms with Crippen molar-refractivity contribution in [2.75, 3.05) is 24.6 Å². The van der Waals surface area contributed by atoms with Crippen LogP contribution in [-0.2, 0) is 0 Å². The molecule has 0 spiro atoms. The van der Waals surface area contributed by atoms with Crippen LogP contribution in [0.15, 0.2) is 0 Å². The van der Waals surface area contributed by atoms with Gasteiger partial charge in [-0.05, 0) is 25.7 Å². The summed E-state index contributed by atoms with van der Waals surface area (Å²) in [6.07, 6.45) is 21.0. The first-order chi connectivity index (χ1) is 9.24. The molecule has 0 radical (unpaired) electrons. The molecule has 0 nitrogen and oxygen atoms in total. The van der Waals surface area contributed by atoms with Crippen LogP contribution in [0, 0.1) is 0 Å². The molecular weight excluding hydrogens is 283 g/mol. The van der Waals surface area contributed by atoms with Gasteiger partial charge in [0.25, 0.3) is 0 Å². The van der Waals surface area contributed by atoms with E-state index in [4.69, 9.17) is 0 Å². The zero-order chi connectivity index (χ0) is 14.4. The molecular formula is C18H40ClP. The van der Waals surface area contributed by atoms with Crippen LogP contribution >= 0.6 is 7.26 Å². The molecule has 0 aromatic carbocycles. The Hall–Kier alpha value is 0.720. The van der Waals surface area contributed by atoms with Crippen LogP contribution < -0.4 is 12.4 Å². The molecule has 0 saturated heterocycles. The molecule has 0 aliphatic carbocycles. The molecule has 0 bridgehead atoms. The van der Waals surface area contributed by atoms with Gasteiger partial charge in [-0.3, -0.25) is 0 Å². The summed E-state index contributed by atoms with van der Waals surface area (Å²) in [4.78, 5) is 0. The first-order valence-corrected chi connectivity index (χ1v) is 11.6. The van der Waals surface area contributed by atoms with Gasteiger partial charge in [-0.25, -0.2) is 0 Å². The van der Waals surface area contributed by atoms with Gasteiger partial charge in [-0.2, -0.15) is 0 Å². The van der Waals surface area contributed by atoms with Crippen molar-refractivity contribution in [1.29, 1.82) is 0 Å². The van der Waals surface area contributed by atoms with Crippen LogP contribution in [-0.4, -0.2) is 24.6 Å². The quantitative estimate of drug-likeness (QED) is 0.335. The monoisotopic (exact) mass is 322 g/mol. The van der Waals surface area contributed by atoms with E-state index in [0.29, 0.717) is 0 Å². The fourth-order valence-electron chi connectivity index (χ4n) is 3.24. The molecule has 0 aliphatic rings. The molecule has 0 aromatic heterocycles. The lowest BCUT2D eigenvalue weighted by Gasteiger charge is -2.28. The molecule has 2 heteroatoms. The Morgan fingerprint density at radius 3 is 1.05 bits per heavy atom. The molecule has 0 aromatic rings. The number of unbranched alkanes of at least 4 members (excludes halogenated alkanes) is 6. The Morgan fingerprint density at radius 2 is 0.800 bits per heavy atom. The lowest BCUT2D eigenvalue weighted by atomic mass is 10.3. The topological polar surface area (TPSA) is 0 Å². The van der Waals surface area contributed by atoms with Crippen molar-refractivity contribution >= 4 is 7.26 Å². The summed E-state index contributed by atoms with van der Waals surface area (Å²) >= 11 is 0. The predicted molar refractivity (Wildman–Crippen MR) is 95.3 cm³/mol. The average Bonchev–Trinajstić information content (AvgIpc) is 2.40. The Morgan fingerprint density at radius 1 is 0.450 bits per heavy atom. The molecule has 0 heterocycles. The standard InChI is InChI=1S/C18H40P.ClH/c1-5-9-12-16-19(15-8-4,17-13-10-6-2)18-14-11-7-3;/h5-18H2,1-4H3;1H/q+1;/p-1. The first kappa shape index (κ1) is 23.0. The van der Waals surface area contributed by atoms with Crippen LogP contribution in [0.5, 0.6) is 0 Å². The van der Waals surface area contributed by atoms with E-state index in [1.165, 1.54) is 64.2 Å². The first-order valence-electron chi connectivity index (χ1n) is 9.09. The van der Waals surface area contributed by atoms with Crippen molar-refractivity contribution < 1.29 is 12.4 Å². The van der Waals surface area contributed by atoms with Crippen LogP contribution in [0.1, 0.15) is 91.9 Å². The van der Waals surface area contributed by atoms with Gasteiger partial charge in [-0.15, -0.1) is 0 Å². The van der Waals surface area contributed by atoms with Crippen LogP contribution in [0.25, 0.3) is 0 Å². The molecule has 0 N–H and O–H groups in total. The van der Waals surface area contributed by atoms with Gasteiger partial charge in [-0.1, -0.05) is 66.2 Å². The summed E-state index contributed by atoms with van der Waals surface area (Å²) in [7, 11) is -0.585. The van der Waals surface area contributed by atoms with E-state index in [1.54, 1.807) is 24.6 Å². The zero-order valence-electron chi connectivity index (χ0n) is 14.7. The van der Waals surface area contributed by atoms with Crippen molar-refractivity contribution in [3.05, 3.63) is 0 Å². The van der Waals surface area contributed by atoms with E-state index in [2.05, 4.69) is 27.7 Å². The third-order valence-corrected chi connectivity index (χ3v) is 9.60. The maximum atomic E-state index is 2.41. The second-order valence-corrected chi connectivity index (χ2v) is 10.8. The highest BCUT2D eigenvalue weighted by Crippen LogP contribution is 2.61. The maximum Gasteiger partial charge on any atom is 0.0594 e. The highest BCUT2D eigenvalue weighted by atomic mass is 35.5. The lowest BCUT2D eigenvalue weighted by molar-refractivity contribution is -0.00000449. The highest BCUT2D eigenvalue weighted by Gasteiger charge is 2.34.